The van der Waals surface area contributed by atoms with E-state index in [0.717, 1.165) is 10.4 Å². The first-order valence-electron chi connectivity index (χ1n) is 11.9. The maximum Gasteiger partial charge on any atom is 0.407 e. The van der Waals surface area contributed by atoms with Gasteiger partial charge in [-0.1, -0.05) is 44.2 Å². The standard InChI is InChI=1S/C26H34N4O5S2/c1-19(2)15-30(37(32,33)23-11-9-21(34-3)10-12-23)16-24(27)25(13-20-7-5-4-6-8-20)29-26(31)35-17-22-14-28-18-36-22/h4-12,14,18-19,24-25H,13,15-17,27H2,1-3H3,(H,29,31)/t24-,25+/m1/s1. The largest absolute Gasteiger partial charge is 0.497 e. The number of aromatic nitrogens is 1. The molecule has 0 aliphatic rings. The van der Waals surface area contributed by atoms with Crippen molar-refractivity contribution in [3.05, 3.63) is 76.7 Å². The van der Waals surface area contributed by atoms with Crippen LogP contribution in [0.1, 0.15) is 24.3 Å². The third kappa shape index (κ3) is 8.53. The Morgan fingerprint density at radius 1 is 1.11 bits per heavy atom. The Labute approximate surface area is 222 Å². The Kier molecular flexibility index (Phi) is 10.4. The third-order valence-corrected chi connectivity index (χ3v) is 8.23. The van der Waals surface area contributed by atoms with Crippen molar-refractivity contribution in [1.29, 1.82) is 0 Å². The zero-order valence-corrected chi connectivity index (χ0v) is 22.9. The number of hydrogen-bond acceptors (Lipinski definition) is 8. The van der Waals surface area contributed by atoms with E-state index in [1.807, 2.05) is 44.2 Å². The topological polar surface area (TPSA) is 124 Å². The van der Waals surface area contributed by atoms with Gasteiger partial charge in [-0.25, -0.2) is 13.2 Å². The van der Waals surface area contributed by atoms with Crippen molar-refractivity contribution < 1.29 is 22.7 Å². The van der Waals surface area contributed by atoms with Gasteiger partial charge in [-0.15, -0.1) is 11.3 Å². The van der Waals surface area contributed by atoms with Crippen LogP contribution in [0.2, 0.25) is 0 Å². The van der Waals surface area contributed by atoms with Crippen molar-refractivity contribution in [1.82, 2.24) is 14.6 Å². The molecule has 3 N–H and O–H groups in total. The lowest BCUT2D eigenvalue weighted by molar-refractivity contribution is 0.134. The van der Waals surface area contributed by atoms with Gasteiger partial charge in [0.05, 0.1) is 28.4 Å². The van der Waals surface area contributed by atoms with Gasteiger partial charge in [0.1, 0.15) is 12.4 Å². The number of hydrogen-bond donors (Lipinski definition) is 2. The number of ether oxygens (including phenoxy) is 2. The van der Waals surface area contributed by atoms with Gasteiger partial charge in [0.15, 0.2) is 0 Å². The molecule has 200 valence electrons. The number of nitrogens with one attached hydrogen (secondary N) is 1. The van der Waals surface area contributed by atoms with Gasteiger partial charge in [-0.3, -0.25) is 4.98 Å². The van der Waals surface area contributed by atoms with E-state index in [1.54, 1.807) is 23.8 Å². The summed E-state index contributed by atoms with van der Waals surface area (Å²) in [5.74, 6) is 0.625. The van der Waals surface area contributed by atoms with E-state index in [-0.39, 0.29) is 30.5 Å². The second-order valence-corrected chi connectivity index (χ2v) is 11.9. The molecular weight excluding hydrogens is 512 g/mol. The van der Waals surface area contributed by atoms with E-state index in [0.29, 0.717) is 12.2 Å². The highest BCUT2D eigenvalue weighted by Gasteiger charge is 2.31. The summed E-state index contributed by atoms with van der Waals surface area (Å²) < 4.78 is 39.0. The number of amides is 1. The van der Waals surface area contributed by atoms with E-state index in [2.05, 4.69) is 10.3 Å². The van der Waals surface area contributed by atoms with Gasteiger partial charge in [0.25, 0.3) is 0 Å². The van der Waals surface area contributed by atoms with E-state index >= 15 is 0 Å². The van der Waals surface area contributed by atoms with Crippen LogP contribution in [0.15, 0.2) is 71.2 Å². The minimum absolute atomic E-state index is 0.0131. The molecule has 0 unspecified atom stereocenters. The molecule has 0 aliphatic carbocycles. The first kappa shape index (κ1) is 28.6. The lowest BCUT2D eigenvalue weighted by Crippen LogP contribution is -2.55. The summed E-state index contributed by atoms with van der Waals surface area (Å²) in [6, 6.07) is 14.6. The van der Waals surface area contributed by atoms with Gasteiger partial charge < -0.3 is 20.5 Å². The Morgan fingerprint density at radius 3 is 2.41 bits per heavy atom. The van der Waals surface area contributed by atoms with E-state index < -0.39 is 28.2 Å². The molecule has 3 aromatic rings. The third-order valence-electron chi connectivity index (χ3n) is 5.63. The lowest BCUT2D eigenvalue weighted by Gasteiger charge is -2.31. The highest BCUT2D eigenvalue weighted by Crippen LogP contribution is 2.21. The molecular formula is C26H34N4O5S2. The number of sulfonamides is 1. The first-order valence-corrected chi connectivity index (χ1v) is 14.3. The molecule has 0 saturated carbocycles. The summed E-state index contributed by atoms with van der Waals surface area (Å²) >= 11 is 1.39. The van der Waals surface area contributed by atoms with Crippen molar-refractivity contribution in [2.45, 2.75) is 43.9 Å². The molecule has 2 atom stereocenters. The molecule has 9 nitrogen and oxygen atoms in total. The molecule has 1 amide bonds. The zero-order valence-electron chi connectivity index (χ0n) is 21.2. The zero-order chi connectivity index (χ0) is 26.8. The number of methoxy groups -OCH3 is 1. The van der Waals surface area contributed by atoms with E-state index in [4.69, 9.17) is 15.2 Å². The van der Waals surface area contributed by atoms with Crippen molar-refractivity contribution in [2.24, 2.45) is 11.7 Å². The minimum atomic E-state index is -3.84. The average Bonchev–Trinajstić information content (AvgIpc) is 3.41. The average molecular weight is 547 g/mol. The summed E-state index contributed by atoms with van der Waals surface area (Å²) in [6.45, 7) is 4.27. The Balaban J connectivity index is 1.79. The molecule has 0 radical (unpaired) electrons. The summed E-state index contributed by atoms with van der Waals surface area (Å²) in [7, 11) is -2.32. The second kappa shape index (κ2) is 13.5. The van der Waals surface area contributed by atoms with Gasteiger partial charge in [0, 0.05) is 25.3 Å². The number of thiazole rings is 1. The molecule has 11 heteroatoms. The van der Waals surface area contributed by atoms with Crippen LogP contribution in [0.5, 0.6) is 5.75 Å². The number of alkyl carbamates (subject to hydrolysis) is 1. The lowest BCUT2D eigenvalue weighted by atomic mass is 9.99. The van der Waals surface area contributed by atoms with Gasteiger partial charge in [-0.05, 0) is 42.2 Å². The molecule has 0 bridgehead atoms. The minimum Gasteiger partial charge on any atom is -0.497 e. The number of nitrogens with two attached hydrogens (primary N) is 1. The van der Waals surface area contributed by atoms with Gasteiger partial charge in [-0.2, -0.15) is 4.31 Å². The van der Waals surface area contributed by atoms with Crippen molar-refractivity contribution in [3.8, 4) is 5.75 Å². The number of carbonyl (C=O) groups is 1. The van der Waals surface area contributed by atoms with Crippen molar-refractivity contribution >= 4 is 27.5 Å². The normalized spacial score (nSPS) is 13.4. The number of carbonyl (C=O) groups excluding carboxylic acids is 1. The van der Waals surface area contributed by atoms with Gasteiger partial charge >= 0.3 is 6.09 Å². The SMILES string of the molecule is COc1ccc(S(=O)(=O)N(CC(C)C)C[C@@H](N)[C@H](Cc2ccccc2)NC(=O)OCc2cncs2)cc1. The molecule has 2 aromatic carbocycles. The predicted octanol–water partition coefficient (Wildman–Crippen LogP) is 3.66. The molecule has 0 spiro atoms. The second-order valence-electron chi connectivity index (χ2n) is 9.04. The molecule has 1 aromatic heterocycles. The van der Waals surface area contributed by atoms with Gasteiger partial charge in [0.2, 0.25) is 10.0 Å². The molecule has 0 saturated heterocycles. The Morgan fingerprint density at radius 2 is 1.81 bits per heavy atom. The molecule has 3 rings (SSSR count). The van der Waals surface area contributed by atoms with Crippen LogP contribution >= 0.6 is 11.3 Å². The molecule has 1 heterocycles. The van der Waals surface area contributed by atoms with Crippen LogP contribution in [0.4, 0.5) is 4.79 Å². The highest BCUT2D eigenvalue weighted by molar-refractivity contribution is 7.89. The number of rotatable bonds is 13. The predicted molar refractivity (Wildman–Crippen MR) is 144 cm³/mol. The quantitative estimate of drug-likeness (QED) is 0.335. The van der Waals surface area contributed by atoms with Crippen LogP contribution in [0.3, 0.4) is 0 Å². The Bertz CT molecular complexity index is 1200. The van der Waals surface area contributed by atoms with Crippen LogP contribution in [-0.2, 0) is 27.8 Å². The first-order chi connectivity index (χ1) is 17.7. The maximum atomic E-state index is 13.6. The summed E-state index contributed by atoms with van der Waals surface area (Å²) in [5.41, 5.74) is 9.22. The number of nitrogens with zero attached hydrogens (tertiary/aromatic N) is 2. The van der Waals surface area contributed by atoms with Crippen LogP contribution in [0.25, 0.3) is 0 Å². The Hall–Kier alpha value is -2.99. The summed E-state index contributed by atoms with van der Waals surface area (Å²) in [5, 5.41) is 2.85. The molecule has 37 heavy (non-hydrogen) atoms. The van der Waals surface area contributed by atoms with Crippen LogP contribution < -0.4 is 15.8 Å². The summed E-state index contributed by atoms with van der Waals surface area (Å²) in [6.07, 6.45) is 1.42. The highest BCUT2D eigenvalue weighted by atomic mass is 32.2. The summed E-state index contributed by atoms with van der Waals surface area (Å²) in [4.78, 5) is 17.6. The smallest absolute Gasteiger partial charge is 0.407 e. The molecule has 0 aliphatic heterocycles. The van der Waals surface area contributed by atoms with Crippen LogP contribution in [-0.4, -0.2) is 56.1 Å². The number of benzene rings is 2. The van der Waals surface area contributed by atoms with Crippen molar-refractivity contribution in [3.63, 3.8) is 0 Å². The van der Waals surface area contributed by atoms with Crippen LogP contribution in [0, 0.1) is 5.92 Å². The van der Waals surface area contributed by atoms with E-state index in [1.165, 1.54) is 34.9 Å². The van der Waals surface area contributed by atoms with Crippen molar-refractivity contribution in [2.75, 3.05) is 20.2 Å². The fourth-order valence-electron chi connectivity index (χ4n) is 3.76. The fourth-order valence-corrected chi connectivity index (χ4v) is 5.90. The fraction of sp³-hybridized carbons (Fsp3) is 0.385. The van der Waals surface area contributed by atoms with E-state index in [9.17, 15) is 13.2 Å². The molecule has 0 fully saturated rings. The monoisotopic (exact) mass is 546 g/mol. The maximum absolute atomic E-state index is 13.6.